The number of rotatable bonds is 3. The number of carbonyl (C=O) groups is 1. The molecule has 1 heterocycles. The summed E-state index contributed by atoms with van der Waals surface area (Å²) in [6.07, 6.45) is 0. The monoisotopic (exact) mass is 362 g/mol. The first-order valence-electron chi connectivity index (χ1n) is 6.13. The fraction of sp³-hybridized carbons (Fsp3) is 0. The molecule has 0 spiro atoms. The first kappa shape index (κ1) is 14.0. The number of carboxylic acids is 1. The maximum atomic E-state index is 11.5. The summed E-state index contributed by atoms with van der Waals surface area (Å²) in [5, 5.41) is 10.3. The minimum Gasteiger partial charge on any atom is -0.477 e. The zero-order chi connectivity index (χ0) is 15.0. The van der Waals surface area contributed by atoms with Gasteiger partial charge in [-0.1, -0.05) is 39.8 Å². The molecule has 0 radical (unpaired) electrons. The number of anilines is 1. The lowest BCUT2D eigenvalue weighted by atomic mass is 10.2. The molecule has 21 heavy (non-hydrogen) atoms. The minimum atomic E-state index is -0.987. The first-order chi connectivity index (χ1) is 10.1. The minimum absolute atomic E-state index is 0.177. The highest BCUT2D eigenvalue weighted by atomic mass is 79.9. The summed E-state index contributed by atoms with van der Waals surface area (Å²) in [4.78, 5) is 15.9. The standard InChI is InChI=1S/C15H11BrN2O2S/c16-8-5-6-11-9(7-8)14(13(18-11)15(19)20)21-12-4-2-1-3-10(12)17/h1-7,18H,17H2,(H,19,20). The van der Waals surface area contributed by atoms with E-state index in [1.165, 1.54) is 11.8 Å². The van der Waals surface area contributed by atoms with Gasteiger partial charge in [-0.3, -0.25) is 0 Å². The van der Waals surface area contributed by atoms with Gasteiger partial charge in [0.1, 0.15) is 5.69 Å². The van der Waals surface area contributed by atoms with Crippen molar-refractivity contribution >= 4 is 50.3 Å². The van der Waals surface area contributed by atoms with Crippen molar-refractivity contribution in [3.8, 4) is 0 Å². The molecule has 3 rings (SSSR count). The Hall–Kier alpha value is -1.92. The van der Waals surface area contributed by atoms with E-state index in [1.54, 1.807) is 6.07 Å². The Morgan fingerprint density at radius 1 is 1.24 bits per heavy atom. The van der Waals surface area contributed by atoms with Crippen molar-refractivity contribution in [3.63, 3.8) is 0 Å². The van der Waals surface area contributed by atoms with Crippen LogP contribution >= 0.6 is 27.7 Å². The third kappa shape index (κ3) is 2.64. The maximum absolute atomic E-state index is 11.5. The number of hydrogen-bond acceptors (Lipinski definition) is 3. The molecule has 0 bridgehead atoms. The van der Waals surface area contributed by atoms with E-state index in [2.05, 4.69) is 20.9 Å². The molecule has 106 valence electrons. The Bertz CT molecular complexity index is 845. The van der Waals surface area contributed by atoms with Gasteiger partial charge in [0.15, 0.2) is 0 Å². The second kappa shape index (κ2) is 5.46. The Balaban J connectivity index is 2.20. The van der Waals surface area contributed by atoms with Crippen molar-refractivity contribution in [1.29, 1.82) is 0 Å². The van der Waals surface area contributed by atoms with E-state index >= 15 is 0 Å². The number of aromatic nitrogens is 1. The van der Waals surface area contributed by atoms with E-state index < -0.39 is 5.97 Å². The van der Waals surface area contributed by atoms with Crippen molar-refractivity contribution in [2.24, 2.45) is 0 Å². The second-order valence-electron chi connectivity index (χ2n) is 4.46. The fourth-order valence-electron chi connectivity index (χ4n) is 2.08. The van der Waals surface area contributed by atoms with Crippen LogP contribution < -0.4 is 5.73 Å². The highest BCUT2D eigenvalue weighted by Crippen LogP contribution is 2.39. The highest BCUT2D eigenvalue weighted by Gasteiger charge is 2.19. The summed E-state index contributed by atoms with van der Waals surface area (Å²) in [5.41, 5.74) is 7.54. The number of nitrogens with two attached hydrogens (primary N) is 1. The van der Waals surface area contributed by atoms with E-state index in [0.717, 1.165) is 20.3 Å². The molecule has 4 nitrogen and oxygen atoms in total. The zero-order valence-electron chi connectivity index (χ0n) is 10.8. The number of nitrogens with one attached hydrogen (secondary N) is 1. The molecular formula is C15H11BrN2O2S. The summed E-state index contributed by atoms with van der Waals surface area (Å²) in [7, 11) is 0. The van der Waals surface area contributed by atoms with E-state index in [0.29, 0.717) is 10.6 Å². The first-order valence-corrected chi connectivity index (χ1v) is 7.74. The van der Waals surface area contributed by atoms with Crippen LogP contribution in [0.15, 0.2) is 56.7 Å². The quantitative estimate of drug-likeness (QED) is 0.604. The van der Waals surface area contributed by atoms with Crippen molar-refractivity contribution in [1.82, 2.24) is 4.98 Å². The van der Waals surface area contributed by atoms with Crippen LogP contribution in [0.5, 0.6) is 0 Å². The molecule has 4 N–H and O–H groups in total. The van der Waals surface area contributed by atoms with Crippen LogP contribution in [0.3, 0.4) is 0 Å². The predicted octanol–water partition coefficient (Wildman–Crippen LogP) is 4.36. The predicted molar refractivity (Wildman–Crippen MR) is 87.9 cm³/mol. The topological polar surface area (TPSA) is 79.1 Å². The number of halogens is 1. The Labute approximate surface area is 133 Å². The highest BCUT2D eigenvalue weighted by molar-refractivity contribution is 9.10. The summed E-state index contributed by atoms with van der Waals surface area (Å²) in [6.45, 7) is 0. The van der Waals surface area contributed by atoms with Crippen LogP contribution in [0.25, 0.3) is 10.9 Å². The molecule has 0 amide bonds. The molecule has 0 saturated heterocycles. The van der Waals surface area contributed by atoms with Crippen LogP contribution in [0, 0.1) is 0 Å². The van der Waals surface area contributed by atoms with E-state index in [1.807, 2.05) is 36.4 Å². The molecule has 1 aromatic heterocycles. The number of carboxylic acid groups (broad SMARTS) is 1. The maximum Gasteiger partial charge on any atom is 0.353 e. The lowest BCUT2D eigenvalue weighted by Crippen LogP contribution is -1.98. The third-order valence-corrected chi connectivity index (χ3v) is 4.77. The van der Waals surface area contributed by atoms with Gasteiger partial charge in [0.2, 0.25) is 0 Å². The second-order valence-corrected chi connectivity index (χ2v) is 6.43. The van der Waals surface area contributed by atoms with Crippen LogP contribution in [-0.4, -0.2) is 16.1 Å². The summed E-state index contributed by atoms with van der Waals surface area (Å²) < 4.78 is 0.897. The summed E-state index contributed by atoms with van der Waals surface area (Å²) in [5.74, 6) is -0.987. The molecule has 0 atom stereocenters. The molecule has 0 unspecified atom stereocenters. The number of nitrogen functional groups attached to an aromatic ring is 1. The van der Waals surface area contributed by atoms with Gasteiger partial charge in [0.25, 0.3) is 0 Å². The Morgan fingerprint density at radius 2 is 2.00 bits per heavy atom. The smallest absolute Gasteiger partial charge is 0.353 e. The molecule has 0 aliphatic carbocycles. The SMILES string of the molecule is Nc1ccccc1Sc1c(C(=O)O)[nH]c2ccc(Br)cc12. The number of aromatic amines is 1. The average Bonchev–Trinajstić information content (AvgIpc) is 2.80. The number of aromatic carboxylic acids is 1. The van der Waals surface area contributed by atoms with Crippen molar-refractivity contribution < 1.29 is 9.90 Å². The number of para-hydroxylation sites is 1. The van der Waals surface area contributed by atoms with Crippen LogP contribution in [0.4, 0.5) is 5.69 Å². The molecule has 0 aliphatic heterocycles. The van der Waals surface area contributed by atoms with Crippen molar-refractivity contribution in [3.05, 3.63) is 52.6 Å². The van der Waals surface area contributed by atoms with E-state index in [4.69, 9.17) is 5.73 Å². The summed E-state index contributed by atoms with van der Waals surface area (Å²) in [6, 6.07) is 13.0. The van der Waals surface area contributed by atoms with Crippen molar-refractivity contribution in [2.45, 2.75) is 9.79 Å². The van der Waals surface area contributed by atoms with Gasteiger partial charge < -0.3 is 15.8 Å². The molecule has 0 fully saturated rings. The number of hydrogen-bond donors (Lipinski definition) is 3. The van der Waals surface area contributed by atoms with Gasteiger partial charge in [-0.15, -0.1) is 0 Å². The lowest BCUT2D eigenvalue weighted by molar-refractivity contribution is 0.0688. The molecule has 3 aromatic rings. The van der Waals surface area contributed by atoms with Crippen LogP contribution in [0.1, 0.15) is 10.5 Å². The molecule has 0 aliphatic rings. The van der Waals surface area contributed by atoms with E-state index in [-0.39, 0.29) is 5.69 Å². The lowest BCUT2D eigenvalue weighted by Gasteiger charge is -2.05. The normalized spacial score (nSPS) is 10.9. The van der Waals surface area contributed by atoms with Gasteiger partial charge in [-0.2, -0.15) is 0 Å². The average molecular weight is 363 g/mol. The molecule has 6 heteroatoms. The van der Waals surface area contributed by atoms with E-state index in [9.17, 15) is 9.90 Å². The Morgan fingerprint density at radius 3 is 2.71 bits per heavy atom. The molecule has 2 aromatic carbocycles. The fourth-order valence-corrected chi connectivity index (χ4v) is 3.51. The molecular weight excluding hydrogens is 352 g/mol. The van der Waals surface area contributed by atoms with Gasteiger partial charge in [-0.25, -0.2) is 4.79 Å². The van der Waals surface area contributed by atoms with Crippen molar-refractivity contribution in [2.75, 3.05) is 5.73 Å². The number of fused-ring (bicyclic) bond motifs is 1. The molecule has 0 saturated carbocycles. The zero-order valence-corrected chi connectivity index (χ0v) is 13.2. The van der Waals surface area contributed by atoms with Gasteiger partial charge >= 0.3 is 5.97 Å². The van der Waals surface area contributed by atoms with Gasteiger partial charge in [0, 0.05) is 26.0 Å². The van der Waals surface area contributed by atoms with Gasteiger partial charge in [-0.05, 0) is 30.3 Å². The summed E-state index contributed by atoms with van der Waals surface area (Å²) >= 11 is 4.77. The van der Waals surface area contributed by atoms with Gasteiger partial charge in [0.05, 0.1) is 4.90 Å². The Kier molecular flexibility index (Phi) is 3.65. The van der Waals surface area contributed by atoms with Crippen LogP contribution in [-0.2, 0) is 0 Å². The van der Waals surface area contributed by atoms with Crippen LogP contribution in [0.2, 0.25) is 0 Å². The third-order valence-electron chi connectivity index (χ3n) is 3.06. The number of benzene rings is 2. The number of H-pyrrole nitrogens is 1. The largest absolute Gasteiger partial charge is 0.477 e.